The van der Waals surface area contributed by atoms with Gasteiger partial charge in [0.15, 0.2) is 6.61 Å². The van der Waals surface area contributed by atoms with Gasteiger partial charge in [-0.25, -0.2) is 0 Å². The van der Waals surface area contributed by atoms with Gasteiger partial charge in [0.05, 0.1) is 5.69 Å². The van der Waals surface area contributed by atoms with Crippen LogP contribution in [0.3, 0.4) is 0 Å². The molecule has 4 rings (SSSR count). The Balaban J connectivity index is 1.28. The molecule has 1 fully saturated rings. The maximum absolute atomic E-state index is 12.8. The van der Waals surface area contributed by atoms with Gasteiger partial charge in [0.25, 0.3) is 5.91 Å². The van der Waals surface area contributed by atoms with E-state index in [0.717, 1.165) is 5.69 Å². The highest BCUT2D eigenvalue weighted by Crippen LogP contribution is 2.22. The summed E-state index contributed by atoms with van der Waals surface area (Å²) in [6.45, 7) is 1.08. The van der Waals surface area contributed by atoms with Gasteiger partial charge in [-0.05, 0) is 59.9 Å². The molecular weight excluding hydrogens is 428 g/mol. The van der Waals surface area contributed by atoms with Crippen molar-refractivity contribution in [2.45, 2.75) is 18.0 Å². The molecule has 0 aliphatic carbocycles. The Hall–Kier alpha value is -3.40. The van der Waals surface area contributed by atoms with E-state index in [1.54, 1.807) is 9.58 Å². The van der Waals surface area contributed by atoms with E-state index in [1.807, 2.05) is 60.9 Å². The van der Waals surface area contributed by atoms with E-state index in [2.05, 4.69) is 20.8 Å². The molecule has 2 aromatic carbocycles. The minimum absolute atomic E-state index is 0.00282. The van der Waals surface area contributed by atoms with Crippen molar-refractivity contribution in [3.63, 3.8) is 0 Å². The average molecular weight is 453 g/mol. The second-order valence-corrected chi connectivity index (χ2v) is 8.15. The van der Waals surface area contributed by atoms with E-state index < -0.39 is 0 Å². The van der Waals surface area contributed by atoms with Crippen LogP contribution < -0.4 is 10.1 Å². The normalized spacial score (nSPS) is 14.2. The Morgan fingerprint density at radius 1 is 1.12 bits per heavy atom. The molecule has 1 saturated heterocycles. The predicted molar refractivity (Wildman–Crippen MR) is 121 cm³/mol. The van der Waals surface area contributed by atoms with Crippen molar-refractivity contribution in [1.29, 1.82) is 0 Å². The number of likely N-dealkylation sites (tertiary alicyclic amines) is 1. The monoisotopic (exact) mass is 452 g/mol. The Morgan fingerprint density at radius 2 is 1.91 bits per heavy atom. The Labute approximate surface area is 190 Å². The molecule has 0 unspecified atom stereocenters. The molecule has 2 heterocycles. The van der Waals surface area contributed by atoms with Gasteiger partial charge < -0.3 is 15.0 Å². The zero-order chi connectivity index (χ0) is 22.3. The molecule has 1 N–H and O–H groups in total. The molecule has 1 aliphatic rings. The summed E-state index contributed by atoms with van der Waals surface area (Å²) in [7, 11) is 0. The Morgan fingerprint density at radius 3 is 2.66 bits per heavy atom. The third kappa shape index (κ3) is 5.25. The van der Waals surface area contributed by atoms with Crippen LogP contribution in [0, 0.1) is 5.92 Å². The number of aromatic nitrogens is 4. The number of hydrogen-bond acceptors (Lipinski definition) is 7. The van der Waals surface area contributed by atoms with E-state index in [1.165, 1.54) is 11.8 Å². The number of amides is 2. The van der Waals surface area contributed by atoms with Gasteiger partial charge in [0, 0.05) is 24.7 Å². The summed E-state index contributed by atoms with van der Waals surface area (Å²) in [4.78, 5) is 27.0. The highest BCUT2D eigenvalue weighted by Gasteiger charge is 2.27. The number of piperidine rings is 1. The van der Waals surface area contributed by atoms with Crippen LogP contribution in [0.2, 0.25) is 0 Å². The molecule has 3 aromatic rings. The average Bonchev–Trinajstić information content (AvgIpc) is 3.32. The maximum Gasteiger partial charge on any atom is 0.260 e. The second kappa shape index (κ2) is 10.3. The molecule has 2 amide bonds. The number of nitrogens with one attached hydrogen (secondary N) is 1. The Kier molecular flexibility index (Phi) is 7.00. The molecular formula is C22H24N6O3S. The fourth-order valence-corrected chi connectivity index (χ4v) is 4.01. The standard InChI is InChI=1S/C22H24N6O3S/c1-32-22-24-25-26-28(22)18-7-5-6-17(14-18)23-21(30)16-10-12-27(13-11-16)20(29)15-31-19-8-3-2-4-9-19/h2-9,14,16H,10-13,15H2,1H3,(H,23,30). The van der Waals surface area contributed by atoms with Crippen LogP contribution in [0.25, 0.3) is 5.69 Å². The maximum atomic E-state index is 12.8. The quantitative estimate of drug-likeness (QED) is 0.550. The summed E-state index contributed by atoms with van der Waals surface area (Å²) in [6, 6.07) is 16.7. The molecule has 1 aromatic heterocycles. The molecule has 0 atom stereocenters. The number of carbonyl (C=O) groups excluding carboxylic acids is 2. The van der Waals surface area contributed by atoms with Gasteiger partial charge in [-0.1, -0.05) is 36.0 Å². The Bertz CT molecular complexity index is 1070. The third-order valence-corrected chi connectivity index (χ3v) is 5.93. The number of thioether (sulfide) groups is 1. The smallest absolute Gasteiger partial charge is 0.260 e. The first-order chi connectivity index (χ1) is 15.6. The van der Waals surface area contributed by atoms with Gasteiger partial charge in [0.1, 0.15) is 5.75 Å². The number of carbonyl (C=O) groups is 2. The number of rotatable bonds is 7. The lowest BCUT2D eigenvalue weighted by Gasteiger charge is -2.31. The van der Waals surface area contributed by atoms with E-state index >= 15 is 0 Å². The topological polar surface area (TPSA) is 102 Å². The molecule has 1 aliphatic heterocycles. The summed E-state index contributed by atoms with van der Waals surface area (Å²) in [5.74, 6) is 0.416. The lowest BCUT2D eigenvalue weighted by molar-refractivity contribution is -0.136. The van der Waals surface area contributed by atoms with E-state index in [0.29, 0.717) is 42.5 Å². The highest BCUT2D eigenvalue weighted by atomic mass is 32.2. The molecule has 10 heteroatoms. The van der Waals surface area contributed by atoms with Crippen LogP contribution in [-0.2, 0) is 9.59 Å². The van der Waals surface area contributed by atoms with Crippen LogP contribution in [-0.4, -0.2) is 62.9 Å². The molecule has 32 heavy (non-hydrogen) atoms. The summed E-state index contributed by atoms with van der Waals surface area (Å²) in [5, 5.41) is 15.3. The van der Waals surface area contributed by atoms with Crippen LogP contribution in [0.4, 0.5) is 5.69 Å². The number of ether oxygens (including phenoxy) is 1. The van der Waals surface area contributed by atoms with Crippen molar-refractivity contribution in [2.75, 3.05) is 31.3 Å². The van der Waals surface area contributed by atoms with E-state index in [4.69, 9.17) is 4.74 Å². The zero-order valence-electron chi connectivity index (χ0n) is 17.7. The van der Waals surface area contributed by atoms with Crippen molar-refractivity contribution < 1.29 is 14.3 Å². The molecule has 0 saturated carbocycles. The molecule has 166 valence electrons. The summed E-state index contributed by atoms with van der Waals surface area (Å²) in [6.07, 6.45) is 3.14. The number of anilines is 1. The first-order valence-corrected chi connectivity index (χ1v) is 11.6. The van der Waals surface area contributed by atoms with Crippen LogP contribution >= 0.6 is 11.8 Å². The number of nitrogens with zero attached hydrogens (tertiary/aromatic N) is 5. The summed E-state index contributed by atoms with van der Waals surface area (Å²) < 4.78 is 7.17. The minimum atomic E-state index is -0.146. The van der Waals surface area contributed by atoms with Crippen molar-refractivity contribution in [2.24, 2.45) is 5.92 Å². The SMILES string of the molecule is CSc1nnnn1-c1cccc(NC(=O)C2CCN(C(=O)COc3ccccc3)CC2)c1. The predicted octanol–water partition coefficient (Wildman–Crippen LogP) is 2.64. The van der Waals surface area contributed by atoms with E-state index in [-0.39, 0.29) is 24.3 Å². The van der Waals surface area contributed by atoms with Crippen molar-refractivity contribution >= 4 is 29.3 Å². The van der Waals surface area contributed by atoms with Gasteiger partial charge >= 0.3 is 0 Å². The fraction of sp³-hybridized carbons (Fsp3) is 0.318. The lowest BCUT2D eigenvalue weighted by Crippen LogP contribution is -2.43. The van der Waals surface area contributed by atoms with E-state index in [9.17, 15) is 9.59 Å². The number of tetrazole rings is 1. The molecule has 0 bridgehead atoms. The summed E-state index contributed by atoms with van der Waals surface area (Å²) in [5.41, 5.74) is 1.46. The van der Waals surface area contributed by atoms with Crippen LogP contribution in [0.15, 0.2) is 59.8 Å². The summed E-state index contributed by atoms with van der Waals surface area (Å²) >= 11 is 1.44. The van der Waals surface area contributed by atoms with Crippen LogP contribution in [0.5, 0.6) is 5.75 Å². The van der Waals surface area contributed by atoms with Crippen molar-refractivity contribution in [3.8, 4) is 11.4 Å². The minimum Gasteiger partial charge on any atom is -0.484 e. The largest absolute Gasteiger partial charge is 0.484 e. The third-order valence-electron chi connectivity index (χ3n) is 5.31. The second-order valence-electron chi connectivity index (χ2n) is 7.37. The first-order valence-electron chi connectivity index (χ1n) is 10.3. The number of para-hydroxylation sites is 1. The van der Waals surface area contributed by atoms with Gasteiger partial charge in [-0.3, -0.25) is 9.59 Å². The first kappa shape index (κ1) is 21.8. The molecule has 0 radical (unpaired) electrons. The van der Waals surface area contributed by atoms with Gasteiger partial charge in [-0.2, -0.15) is 4.68 Å². The molecule has 0 spiro atoms. The highest BCUT2D eigenvalue weighted by molar-refractivity contribution is 7.98. The zero-order valence-corrected chi connectivity index (χ0v) is 18.5. The van der Waals surface area contributed by atoms with Gasteiger partial charge in [0.2, 0.25) is 11.1 Å². The number of hydrogen-bond donors (Lipinski definition) is 1. The van der Waals surface area contributed by atoms with Gasteiger partial charge in [-0.15, -0.1) is 5.10 Å². The lowest BCUT2D eigenvalue weighted by atomic mass is 9.95. The number of benzene rings is 2. The van der Waals surface area contributed by atoms with Crippen molar-refractivity contribution in [1.82, 2.24) is 25.1 Å². The van der Waals surface area contributed by atoms with Crippen LogP contribution in [0.1, 0.15) is 12.8 Å². The van der Waals surface area contributed by atoms with Crippen molar-refractivity contribution in [3.05, 3.63) is 54.6 Å². The fourth-order valence-electron chi connectivity index (χ4n) is 3.57. The molecule has 9 nitrogen and oxygen atoms in total.